The molecular weight excluding hydrogens is 244 g/mol. The summed E-state index contributed by atoms with van der Waals surface area (Å²) in [5.74, 6) is 0.0649. The summed E-state index contributed by atoms with van der Waals surface area (Å²) in [6.07, 6.45) is 0. The fourth-order valence-electron chi connectivity index (χ4n) is 2.04. The van der Waals surface area contributed by atoms with Gasteiger partial charge in [-0.3, -0.25) is 15.2 Å². The summed E-state index contributed by atoms with van der Waals surface area (Å²) in [7, 11) is 0. The van der Waals surface area contributed by atoms with Gasteiger partial charge in [0.15, 0.2) is 0 Å². The van der Waals surface area contributed by atoms with E-state index < -0.39 is 5.41 Å². The number of amides is 1. The summed E-state index contributed by atoms with van der Waals surface area (Å²) in [4.78, 5) is 14.3. The predicted octanol–water partition coefficient (Wildman–Crippen LogP) is 2.42. The van der Waals surface area contributed by atoms with Gasteiger partial charge in [-0.15, -0.1) is 5.23 Å². The summed E-state index contributed by atoms with van der Waals surface area (Å²) in [6.45, 7) is 9.01. The van der Waals surface area contributed by atoms with Crippen LogP contribution in [0.5, 0.6) is 0 Å². The molecule has 0 aliphatic heterocycles. The molecule has 0 aliphatic rings. The van der Waals surface area contributed by atoms with E-state index >= 15 is 0 Å². The molecule has 2 N–H and O–H groups in total. The third kappa shape index (κ3) is 3.24. The summed E-state index contributed by atoms with van der Waals surface area (Å²) < 4.78 is 0. The quantitative estimate of drug-likeness (QED) is 0.803. The fraction of sp³-hybridized carbons (Fsp3) is 0.500. The largest absolute Gasteiger partial charge is 0.343 e. The van der Waals surface area contributed by atoms with E-state index in [1.807, 2.05) is 27.7 Å². The van der Waals surface area contributed by atoms with E-state index in [1.165, 1.54) is 0 Å². The number of anilines is 1. The van der Waals surface area contributed by atoms with E-state index in [-0.39, 0.29) is 16.8 Å². The first-order valence-corrected chi connectivity index (χ1v) is 6.42. The SMILES string of the molecule is CCN(CC)C(=O)C(C)(C)c1ccc(N(O)O)cc1. The minimum atomic E-state index is -0.639. The van der Waals surface area contributed by atoms with Crippen LogP contribution in [-0.4, -0.2) is 34.3 Å². The van der Waals surface area contributed by atoms with Gasteiger partial charge in [-0.05, 0) is 45.4 Å². The van der Waals surface area contributed by atoms with Gasteiger partial charge in [0.2, 0.25) is 5.91 Å². The first-order valence-electron chi connectivity index (χ1n) is 6.42. The number of carbonyl (C=O) groups is 1. The maximum Gasteiger partial charge on any atom is 0.232 e. The number of rotatable bonds is 5. The molecule has 0 saturated carbocycles. The van der Waals surface area contributed by atoms with E-state index in [0.717, 1.165) is 5.56 Å². The van der Waals surface area contributed by atoms with E-state index in [4.69, 9.17) is 10.4 Å². The second kappa shape index (κ2) is 6.04. The van der Waals surface area contributed by atoms with Gasteiger partial charge >= 0.3 is 0 Å². The average Bonchev–Trinajstić information content (AvgIpc) is 2.40. The molecule has 106 valence electrons. The number of carbonyl (C=O) groups excluding carboxylic acids is 1. The van der Waals surface area contributed by atoms with Gasteiger partial charge in [-0.2, -0.15) is 0 Å². The van der Waals surface area contributed by atoms with Gasteiger partial charge in [0.1, 0.15) is 0 Å². The molecule has 1 rings (SSSR count). The summed E-state index contributed by atoms with van der Waals surface area (Å²) >= 11 is 0. The van der Waals surface area contributed by atoms with Gasteiger partial charge in [-0.1, -0.05) is 12.1 Å². The lowest BCUT2D eigenvalue weighted by molar-refractivity contribution is -0.135. The molecule has 19 heavy (non-hydrogen) atoms. The van der Waals surface area contributed by atoms with Gasteiger partial charge < -0.3 is 4.90 Å². The van der Waals surface area contributed by atoms with E-state index in [0.29, 0.717) is 13.1 Å². The fourth-order valence-corrected chi connectivity index (χ4v) is 2.04. The molecule has 5 nitrogen and oxygen atoms in total. The molecule has 1 aromatic rings. The monoisotopic (exact) mass is 266 g/mol. The van der Waals surface area contributed by atoms with Crippen LogP contribution in [-0.2, 0) is 10.2 Å². The van der Waals surface area contributed by atoms with Crippen molar-refractivity contribution < 1.29 is 15.2 Å². The van der Waals surface area contributed by atoms with Crippen molar-refractivity contribution in [2.24, 2.45) is 0 Å². The number of likely N-dealkylation sites (N-methyl/N-ethyl adjacent to an activating group) is 1. The van der Waals surface area contributed by atoms with Gasteiger partial charge in [0, 0.05) is 13.1 Å². The molecule has 0 aromatic heterocycles. The van der Waals surface area contributed by atoms with Crippen molar-refractivity contribution in [3.63, 3.8) is 0 Å². The lowest BCUT2D eigenvalue weighted by Gasteiger charge is -2.31. The van der Waals surface area contributed by atoms with Crippen molar-refractivity contribution in [2.75, 3.05) is 18.3 Å². The zero-order valence-corrected chi connectivity index (χ0v) is 11.9. The third-order valence-electron chi connectivity index (χ3n) is 3.41. The molecular formula is C14H22N2O3. The van der Waals surface area contributed by atoms with Gasteiger partial charge in [0.05, 0.1) is 11.1 Å². The summed E-state index contributed by atoms with van der Waals surface area (Å²) in [5, 5.41) is 17.9. The zero-order chi connectivity index (χ0) is 14.6. The van der Waals surface area contributed by atoms with Crippen molar-refractivity contribution in [1.29, 1.82) is 0 Å². The maximum absolute atomic E-state index is 12.5. The zero-order valence-electron chi connectivity index (χ0n) is 11.9. The van der Waals surface area contributed by atoms with Crippen molar-refractivity contribution in [2.45, 2.75) is 33.1 Å². The van der Waals surface area contributed by atoms with Crippen LogP contribution in [0.4, 0.5) is 5.69 Å². The highest BCUT2D eigenvalue weighted by Gasteiger charge is 2.32. The summed E-state index contributed by atoms with van der Waals surface area (Å²) in [5.41, 5.74) is 0.463. The normalized spacial score (nSPS) is 11.3. The molecule has 0 spiro atoms. The Morgan fingerprint density at radius 3 is 1.95 bits per heavy atom. The van der Waals surface area contributed by atoms with Crippen molar-refractivity contribution in [1.82, 2.24) is 4.90 Å². The Labute approximate surface area is 114 Å². The second-order valence-electron chi connectivity index (χ2n) is 4.94. The molecule has 0 fully saturated rings. The van der Waals surface area contributed by atoms with Gasteiger partial charge in [-0.25, -0.2) is 0 Å². The molecule has 0 heterocycles. The lowest BCUT2D eigenvalue weighted by atomic mass is 9.83. The molecule has 0 aliphatic carbocycles. The minimum Gasteiger partial charge on any atom is -0.343 e. The Bertz CT molecular complexity index is 423. The first-order chi connectivity index (χ1) is 8.84. The van der Waals surface area contributed by atoms with Crippen molar-refractivity contribution in [3.05, 3.63) is 29.8 Å². The van der Waals surface area contributed by atoms with Crippen molar-refractivity contribution in [3.8, 4) is 0 Å². The number of hydrogen-bond donors (Lipinski definition) is 2. The van der Waals surface area contributed by atoms with E-state index in [9.17, 15) is 4.79 Å². The van der Waals surface area contributed by atoms with Crippen molar-refractivity contribution >= 4 is 11.6 Å². The van der Waals surface area contributed by atoms with Crippen LogP contribution in [0.2, 0.25) is 0 Å². The van der Waals surface area contributed by atoms with E-state index in [2.05, 4.69) is 0 Å². The number of hydrogen-bond acceptors (Lipinski definition) is 4. The molecule has 0 saturated heterocycles. The lowest BCUT2D eigenvalue weighted by Crippen LogP contribution is -2.43. The Morgan fingerprint density at radius 2 is 1.58 bits per heavy atom. The Balaban J connectivity index is 3.02. The molecule has 0 radical (unpaired) electrons. The smallest absolute Gasteiger partial charge is 0.232 e. The standard InChI is InChI=1S/C14H22N2O3/c1-5-15(6-2)13(17)14(3,4)11-7-9-12(10-8-11)16(18)19/h7-10,18-19H,5-6H2,1-4H3. The van der Waals surface area contributed by atoms with Crippen LogP contribution in [0.3, 0.4) is 0 Å². The highest BCUT2D eigenvalue weighted by molar-refractivity contribution is 5.87. The molecule has 1 amide bonds. The van der Waals surface area contributed by atoms with Crippen LogP contribution in [0.1, 0.15) is 33.3 Å². The van der Waals surface area contributed by atoms with Gasteiger partial charge in [0.25, 0.3) is 0 Å². The molecule has 0 unspecified atom stereocenters. The Morgan fingerprint density at radius 1 is 1.11 bits per heavy atom. The molecule has 0 bridgehead atoms. The van der Waals surface area contributed by atoms with Crippen LogP contribution in [0.15, 0.2) is 24.3 Å². The summed E-state index contributed by atoms with van der Waals surface area (Å²) in [6, 6.07) is 6.59. The first kappa shape index (κ1) is 15.5. The van der Waals surface area contributed by atoms with Crippen LogP contribution >= 0.6 is 0 Å². The molecule has 1 aromatic carbocycles. The minimum absolute atomic E-state index is 0.0585. The average molecular weight is 266 g/mol. The number of benzene rings is 1. The Kier molecular flexibility index (Phi) is 4.91. The number of nitrogens with zero attached hydrogens (tertiary/aromatic N) is 2. The third-order valence-corrected chi connectivity index (χ3v) is 3.41. The second-order valence-corrected chi connectivity index (χ2v) is 4.94. The van der Waals surface area contributed by atoms with Crippen LogP contribution in [0.25, 0.3) is 0 Å². The van der Waals surface area contributed by atoms with Crippen LogP contribution in [0, 0.1) is 0 Å². The maximum atomic E-state index is 12.5. The Hall–Kier alpha value is -1.59. The predicted molar refractivity (Wildman–Crippen MR) is 73.4 cm³/mol. The topological polar surface area (TPSA) is 64.0 Å². The van der Waals surface area contributed by atoms with E-state index in [1.54, 1.807) is 29.2 Å². The highest BCUT2D eigenvalue weighted by atomic mass is 16.8. The highest BCUT2D eigenvalue weighted by Crippen LogP contribution is 2.27. The molecule has 5 heteroatoms. The van der Waals surface area contributed by atoms with Crippen LogP contribution < -0.4 is 5.23 Å². The molecule has 0 atom stereocenters.